The van der Waals surface area contributed by atoms with E-state index in [1.807, 2.05) is 18.2 Å². The summed E-state index contributed by atoms with van der Waals surface area (Å²) in [4.78, 5) is 7.23. The van der Waals surface area contributed by atoms with Crippen LogP contribution in [0.4, 0.5) is 5.95 Å². The van der Waals surface area contributed by atoms with Crippen molar-refractivity contribution in [3.05, 3.63) is 107 Å². The second-order valence-corrected chi connectivity index (χ2v) is 8.21. The summed E-state index contributed by atoms with van der Waals surface area (Å²) in [6, 6.07) is 29.7. The number of benzene rings is 3. The van der Waals surface area contributed by atoms with Crippen LogP contribution in [0.15, 0.2) is 84.9 Å². The number of nitrogen functional groups attached to an aromatic ring is 1. The topological polar surface area (TPSA) is 50.3 Å². The van der Waals surface area contributed by atoms with Crippen LogP contribution in [0.1, 0.15) is 22.4 Å². The van der Waals surface area contributed by atoms with Crippen LogP contribution < -0.4 is 10.7 Å². The van der Waals surface area contributed by atoms with Crippen molar-refractivity contribution in [1.29, 1.82) is 0 Å². The van der Waals surface area contributed by atoms with Crippen LogP contribution in [0.3, 0.4) is 0 Å². The third kappa shape index (κ3) is 4.05. The first-order chi connectivity index (χ1) is 15.2. The minimum atomic E-state index is 0.542. The lowest BCUT2D eigenvalue weighted by Gasteiger charge is -2.39. The molecule has 1 aliphatic heterocycles. The van der Waals surface area contributed by atoms with Gasteiger partial charge in [0, 0.05) is 18.7 Å². The van der Waals surface area contributed by atoms with E-state index in [-0.39, 0.29) is 0 Å². The normalized spacial score (nSPS) is 13.9. The number of anilines is 1. The van der Waals surface area contributed by atoms with E-state index in [0.717, 1.165) is 43.3 Å². The zero-order valence-corrected chi connectivity index (χ0v) is 17.8. The summed E-state index contributed by atoms with van der Waals surface area (Å²) in [6.45, 7) is 5.35. The van der Waals surface area contributed by atoms with Gasteiger partial charge < -0.3 is 5.73 Å². The third-order valence-electron chi connectivity index (χ3n) is 5.77. The van der Waals surface area contributed by atoms with Crippen molar-refractivity contribution < 1.29 is 0 Å². The maximum atomic E-state index is 6.46. The number of aryl methyl sites for hydroxylation is 1. The number of nitrogens with zero attached hydrogens (tertiary/aromatic N) is 4. The standard InChI is InChI=1S/C26H27N5/c1-20-12-14-22(15-13-20)17-30-19-29(16-21-8-4-2-5-9-21)18-24-25(28-26(27)31(24)30)23-10-6-3-7-11-23/h2-15H,16-19H2,1H3,(H2,27,28). The SMILES string of the molecule is Cc1ccc(CN2CN(Cc3ccccc3)Cc3c(-c4ccccc4)nc(N)n32)cc1. The highest BCUT2D eigenvalue weighted by molar-refractivity contribution is 5.65. The van der Waals surface area contributed by atoms with Crippen molar-refractivity contribution in [2.45, 2.75) is 26.6 Å². The van der Waals surface area contributed by atoms with Gasteiger partial charge in [0.25, 0.3) is 0 Å². The Morgan fingerprint density at radius 2 is 1.45 bits per heavy atom. The second-order valence-electron chi connectivity index (χ2n) is 8.21. The smallest absolute Gasteiger partial charge is 0.220 e. The van der Waals surface area contributed by atoms with E-state index < -0.39 is 0 Å². The molecule has 5 rings (SSSR count). The highest BCUT2D eigenvalue weighted by Crippen LogP contribution is 2.30. The first-order valence-corrected chi connectivity index (χ1v) is 10.7. The Kier molecular flexibility index (Phi) is 5.18. The quantitative estimate of drug-likeness (QED) is 0.525. The van der Waals surface area contributed by atoms with Gasteiger partial charge in [0.1, 0.15) is 0 Å². The highest BCUT2D eigenvalue weighted by atomic mass is 15.6. The zero-order valence-electron chi connectivity index (χ0n) is 17.8. The lowest BCUT2D eigenvalue weighted by Crippen LogP contribution is -2.49. The van der Waals surface area contributed by atoms with Crippen LogP contribution in [0.25, 0.3) is 11.3 Å². The number of imidazole rings is 1. The van der Waals surface area contributed by atoms with Crippen molar-refractivity contribution in [2.24, 2.45) is 0 Å². The summed E-state index contributed by atoms with van der Waals surface area (Å²) in [6.07, 6.45) is 0. The summed E-state index contributed by atoms with van der Waals surface area (Å²) in [5.74, 6) is 0.542. The summed E-state index contributed by atoms with van der Waals surface area (Å²) in [5, 5.41) is 2.29. The average molecular weight is 410 g/mol. The molecule has 0 saturated heterocycles. The third-order valence-corrected chi connectivity index (χ3v) is 5.77. The molecule has 31 heavy (non-hydrogen) atoms. The predicted molar refractivity (Wildman–Crippen MR) is 126 cm³/mol. The van der Waals surface area contributed by atoms with Crippen molar-refractivity contribution in [3.8, 4) is 11.3 Å². The number of hydrogen-bond acceptors (Lipinski definition) is 4. The fourth-order valence-corrected chi connectivity index (χ4v) is 4.28. The molecule has 0 unspecified atom stereocenters. The molecule has 0 radical (unpaired) electrons. The molecule has 0 spiro atoms. The Morgan fingerprint density at radius 1 is 0.806 bits per heavy atom. The second kappa shape index (κ2) is 8.28. The Morgan fingerprint density at radius 3 is 2.16 bits per heavy atom. The first kappa shape index (κ1) is 19.4. The van der Waals surface area contributed by atoms with Crippen LogP contribution in [0, 0.1) is 6.92 Å². The van der Waals surface area contributed by atoms with Crippen LogP contribution in [-0.4, -0.2) is 21.2 Å². The summed E-state index contributed by atoms with van der Waals surface area (Å²) in [5.41, 5.74) is 13.5. The largest absolute Gasteiger partial charge is 0.368 e. The molecule has 4 aromatic rings. The molecular weight excluding hydrogens is 382 g/mol. The van der Waals surface area contributed by atoms with Crippen LogP contribution in [0.5, 0.6) is 0 Å². The Bertz CT molecular complexity index is 1150. The molecule has 0 fully saturated rings. The van der Waals surface area contributed by atoms with Gasteiger partial charge in [0.15, 0.2) is 0 Å². The first-order valence-electron chi connectivity index (χ1n) is 10.7. The van der Waals surface area contributed by atoms with Crippen molar-refractivity contribution in [3.63, 3.8) is 0 Å². The van der Waals surface area contributed by atoms with Gasteiger partial charge in [-0.2, -0.15) is 0 Å². The van der Waals surface area contributed by atoms with Gasteiger partial charge >= 0.3 is 0 Å². The number of aromatic nitrogens is 2. The molecule has 0 atom stereocenters. The molecule has 5 nitrogen and oxygen atoms in total. The summed E-state index contributed by atoms with van der Waals surface area (Å²) in [7, 11) is 0. The summed E-state index contributed by atoms with van der Waals surface area (Å²) < 4.78 is 2.11. The maximum Gasteiger partial charge on any atom is 0.220 e. The lowest BCUT2D eigenvalue weighted by atomic mass is 10.1. The van der Waals surface area contributed by atoms with Gasteiger partial charge in [-0.15, -0.1) is 0 Å². The number of hydrogen-bond donors (Lipinski definition) is 1. The van der Waals surface area contributed by atoms with Crippen molar-refractivity contribution in [1.82, 2.24) is 14.6 Å². The van der Waals surface area contributed by atoms with E-state index in [9.17, 15) is 0 Å². The summed E-state index contributed by atoms with van der Waals surface area (Å²) >= 11 is 0. The van der Waals surface area contributed by atoms with Crippen LogP contribution in [0.2, 0.25) is 0 Å². The van der Waals surface area contributed by atoms with E-state index in [1.54, 1.807) is 0 Å². The predicted octanol–water partition coefficient (Wildman–Crippen LogP) is 4.55. The van der Waals surface area contributed by atoms with E-state index in [1.165, 1.54) is 16.7 Å². The van der Waals surface area contributed by atoms with Gasteiger partial charge in [-0.1, -0.05) is 90.5 Å². The van der Waals surface area contributed by atoms with Gasteiger partial charge in [0.05, 0.1) is 24.6 Å². The van der Waals surface area contributed by atoms with Gasteiger partial charge in [-0.25, -0.2) is 9.66 Å². The van der Waals surface area contributed by atoms with E-state index in [4.69, 9.17) is 10.7 Å². The van der Waals surface area contributed by atoms with Crippen LogP contribution in [-0.2, 0) is 19.6 Å². The Hall–Kier alpha value is -3.57. The Labute approximate surface area is 183 Å². The van der Waals surface area contributed by atoms with Gasteiger partial charge in [-0.3, -0.25) is 9.91 Å². The monoisotopic (exact) mass is 409 g/mol. The fourth-order valence-electron chi connectivity index (χ4n) is 4.28. The molecule has 0 amide bonds. The average Bonchev–Trinajstić information content (AvgIpc) is 3.13. The number of fused-ring (bicyclic) bond motifs is 1. The molecule has 2 heterocycles. The zero-order chi connectivity index (χ0) is 21.2. The molecule has 0 aliphatic carbocycles. The van der Waals surface area contributed by atoms with E-state index >= 15 is 0 Å². The molecule has 2 N–H and O–H groups in total. The molecule has 0 bridgehead atoms. The molecule has 1 aromatic heterocycles. The van der Waals surface area contributed by atoms with Crippen molar-refractivity contribution in [2.75, 3.05) is 17.4 Å². The number of nitrogens with two attached hydrogens (primary N) is 1. The van der Waals surface area contributed by atoms with E-state index in [0.29, 0.717) is 5.95 Å². The highest BCUT2D eigenvalue weighted by Gasteiger charge is 2.29. The lowest BCUT2D eigenvalue weighted by molar-refractivity contribution is 0.201. The number of rotatable bonds is 5. The minimum Gasteiger partial charge on any atom is -0.368 e. The minimum absolute atomic E-state index is 0.542. The van der Waals surface area contributed by atoms with Gasteiger partial charge in [-0.05, 0) is 18.1 Å². The van der Waals surface area contributed by atoms with Crippen LogP contribution >= 0.6 is 0 Å². The maximum absolute atomic E-state index is 6.46. The Balaban J connectivity index is 1.53. The molecule has 1 aliphatic rings. The van der Waals surface area contributed by atoms with Gasteiger partial charge in [0.2, 0.25) is 5.95 Å². The van der Waals surface area contributed by atoms with Crippen molar-refractivity contribution >= 4 is 5.95 Å². The molecule has 0 saturated carbocycles. The molecule has 156 valence electrons. The molecular formula is C26H27N5. The van der Waals surface area contributed by atoms with E-state index in [2.05, 4.69) is 88.2 Å². The molecule has 3 aromatic carbocycles. The fraction of sp³-hybridized carbons (Fsp3) is 0.192. The molecule has 5 heteroatoms.